The fraction of sp³-hybridized carbons (Fsp3) is 0.667. The van der Waals surface area contributed by atoms with Crippen LogP contribution in [0.15, 0.2) is 35.3 Å². The lowest BCUT2D eigenvalue weighted by molar-refractivity contribution is -0.142. The maximum atomic E-state index is 12.5. The van der Waals surface area contributed by atoms with Gasteiger partial charge in [0, 0.05) is 78.2 Å². The summed E-state index contributed by atoms with van der Waals surface area (Å²) in [6.45, 7) is 10.3. The number of hydrogen-bond donors (Lipinski definition) is 1. The van der Waals surface area contributed by atoms with Crippen molar-refractivity contribution in [3.05, 3.63) is 30.3 Å². The number of rotatable bonds is 6. The molecule has 1 unspecified atom stereocenters. The number of nitrogens with zero attached hydrogens (tertiary/aromatic N) is 5. The number of carbonyl (C=O) groups is 1. The van der Waals surface area contributed by atoms with Crippen molar-refractivity contribution in [3.8, 4) is 0 Å². The molecule has 0 spiro atoms. The predicted molar refractivity (Wildman–Crippen MR) is 128 cm³/mol. The van der Waals surface area contributed by atoms with Gasteiger partial charge in [0.05, 0.1) is 0 Å². The fourth-order valence-corrected chi connectivity index (χ4v) is 4.82. The largest absolute Gasteiger partial charge is 0.369 e. The zero-order chi connectivity index (χ0) is 22.2. The number of carbonyl (C=O) groups excluding carboxylic acids is 1. The Bertz CT molecular complexity index is 736. The van der Waals surface area contributed by atoms with Gasteiger partial charge < -0.3 is 24.8 Å². The van der Waals surface area contributed by atoms with Gasteiger partial charge in [-0.05, 0) is 37.9 Å². The molecule has 4 rings (SSSR count). The van der Waals surface area contributed by atoms with Crippen molar-refractivity contribution in [2.45, 2.75) is 25.4 Å². The number of nitrogens with one attached hydrogen (secondary N) is 1. The van der Waals surface area contributed by atoms with Gasteiger partial charge in [-0.2, -0.15) is 0 Å². The molecule has 3 aliphatic rings. The van der Waals surface area contributed by atoms with Crippen LogP contribution in [0.4, 0.5) is 5.69 Å². The van der Waals surface area contributed by atoms with E-state index in [-0.39, 0.29) is 12.0 Å². The molecular formula is C24H38N6O2. The van der Waals surface area contributed by atoms with Gasteiger partial charge >= 0.3 is 0 Å². The molecule has 1 aromatic rings. The summed E-state index contributed by atoms with van der Waals surface area (Å²) < 4.78 is 5.56. The van der Waals surface area contributed by atoms with Gasteiger partial charge in [-0.3, -0.25) is 14.7 Å². The number of benzene rings is 1. The molecule has 1 atom stereocenters. The molecule has 3 saturated heterocycles. The highest BCUT2D eigenvalue weighted by Crippen LogP contribution is 2.17. The first-order valence-corrected chi connectivity index (χ1v) is 12.1. The van der Waals surface area contributed by atoms with Crippen LogP contribution in [-0.2, 0) is 9.53 Å². The zero-order valence-corrected chi connectivity index (χ0v) is 19.4. The van der Waals surface area contributed by atoms with Crippen LogP contribution >= 0.6 is 0 Å². The first-order chi connectivity index (χ1) is 15.7. The SMILES string of the molecule is CN=C(NCCCN1CCN(c2ccccc2)CC1)N1CCN(C(=O)C2CCCO2)CC1. The molecule has 32 heavy (non-hydrogen) atoms. The molecule has 0 radical (unpaired) electrons. The van der Waals surface area contributed by atoms with Crippen molar-refractivity contribution >= 4 is 17.6 Å². The number of hydrogen-bond acceptors (Lipinski definition) is 5. The van der Waals surface area contributed by atoms with E-state index in [1.165, 1.54) is 5.69 Å². The Hall–Kier alpha value is -2.32. The van der Waals surface area contributed by atoms with Crippen molar-refractivity contribution in [2.75, 3.05) is 84.0 Å². The van der Waals surface area contributed by atoms with Crippen LogP contribution in [0.5, 0.6) is 0 Å². The highest BCUT2D eigenvalue weighted by molar-refractivity contribution is 5.82. The van der Waals surface area contributed by atoms with Gasteiger partial charge in [0.15, 0.2) is 5.96 Å². The molecule has 176 valence electrons. The number of amides is 1. The second-order valence-corrected chi connectivity index (χ2v) is 8.81. The summed E-state index contributed by atoms with van der Waals surface area (Å²) in [5.41, 5.74) is 1.33. The van der Waals surface area contributed by atoms with Crippen molar-refractivity contribution in [3.63, 3.8) is 0 Å². The van der Waals surface area contributed by atoms with E-state index in [1.54, 1.807) is 0 Å². The molecule has 0 saturated carbocycles. The fourth-order valence-electron chi connectivity index (χ4n) is 4.82. The van der Waals surface area contributed by atoms with Gasteiger partial charge in [0.1, 0.15) is 6.10 Å². The molecule has 8 nitrogen and oxygen atoms in total. The number of aliphatic imine (C=N–C) groups is 1. The smallest absolute Gasteiger partial charge is 0.251 e. The molecule has 8 heteroatoms. The molecule has 1 amide bonds. The zero-order valence-electron chi connectivity index (χ0n) is 19.4. The van der Waals surface area contributed by atoms with Crippen LogP contribution in [0.1, 0.15) is 19.3 Å². The Morgan fingerprint density at radius 3 is 2.41 bits per heavy atom. The molecule has 0 aromatic heterocycles. The van der Waals surface area contributed by atoms with E-state index < -0.39 is 0 Å². The predicted octanol–water partition coefficient (Wildman–Crippen LogP) is 1.10. The van der Waals surface area contributed by atoms with E-state index in [2.05, 4.69) is 55.3 Å². The standard InChI is InChI=1S/C24H38N6O2/c1-25-24(30-18-16-29(17-19-30)23(31)22-9-5-20-32-22)26-10-6-11-27-12-14-28(15-13-27)21-7-3-2-4-8-21/h2-4,7-8,22H,5-6,9-20H2,1H3,(H,25,26). The normalized spacial score (nSPS) is 23.0. The van der Waals surface area contributed by atoms with Crippen molar-refractivity contribution in [1.29, 1.82) is 0 Å². The highest BCUT2D eigenvalue weighted by Gasteiger charge is 2.30. The lowest BCUT2D eigenvalue weighted by Crippen LogP contribution is -2.55. The molecule has 3 heterocycles. The molecular weight excluding hydrogens is 404 g/mol. The number of ether oxygens (including phenoxy) is 1. The van der Waals surface area contributed by atoms with Crippen LogP contribution in [-0.4, -0.2) is 112 Å². The minimum Gasteiger partial charge on any atom is -0.369 e. The molecule has 1 aromatic carbocycles. The van der Waals surface area contributed by atoms with Crippen LogP contribution in [0.25, 0.3) is 0 Å². The number of anilines is 1. The summed E-state index contributed by atoms with van der Waals surface area (Å²) in [7, 11) is 1.84. The molecule has 3 aliphatic heterocycles. The highest BCUT2D eigenvalue weighted by atomic mass is 16.5. The maximum absolute atomic E-state index is 12.5. The van der Waals surface area contributed by atoms with Gasteiger partial charge in [-0.25, -0.2) is 0 Å². The molecule has 0 aliphatic carbocycles. The summed E-state index contributed by atoms with van der Waals surface area (Å²) in [6.07, 6.45) is 2.75. The van der Waals surface area contributed by atoms with Crippen molar-refractivity contribution in [1.82, 2.24) is 20.0 Å². The van der Waals surface area contributed by atoms with Gasteiger partial charge in [0.25, 0.3) is 5.91 Å². The molecule has 3 fully saturated rings. The van der Waals surface area contributed by atoms with E-state index >= 15 is 0 Å². The average Bonchev–Trinajstić information content (AvgIpc) is 3.40. The Labute approximate surface area is 192 Å². The van der Waals surface area contributed by atoms with Gasteiger partial charge in [0.2, 0.25) is 0 Å². The number of para-hydroxylation sites is 1. The molecule has 0 bridgehead atoms. The lowest BCUT2D eigenvalue weighted by atomic mass is 10.2. The second kappa shape index (κ2) is 11.5. The maximum Gasteiger partial charge on any atom is 0.251 e. The molecule has 1 N–H and O–H groups in total. The van der Waals surface area contributed by atoms with Crippen LogP contribution in [0.3, 0.4) is 0 Å². The van der Waals surface area contributed by atoms with E-state index in [9.17, 15) is 4.79 Å². The first kappa shape index (κ1) is 22.9. The Balaban J connectivity index is 1.11. The van der Waals surface area contributed by atoms with E-state index in [0.717, 1.165) is 97.3 Å². The number of guanidine groups is 1. The minimum atomic E-state index is -0.214. The third-order valence-electron chi connectivity index (χ3n) is 6.74. The topological polar surface area (TPSA) is 63.7 Å². The summed E-state index contributed by atoms with van der Waals surface area (Å²) in [5.74, 6) is 1.11. The second-order valence-electron chi connectivity index (χ2n) is 8.81. The summed E-state index contributed by atoms with van der Waals surface area (Å²) >= 11 is 0. The summed E-state index contributed by atoms with van der Waals surface area (Å²) in [5, 5.41) is 3.52. The van der Waals surface area contributed by atoms with Crippen LogP contribution in [0.2, 0.25) is 0 Å². The third kappa shape index (κ3) is 5.92. The minimum absolute atomic E-state index is 0.164. The monoisotopic (exact) mass is 442 g/mol. The Morgan fingerprint density at radius 1 is 1.03 bits per heavy atom. The van der Waals surface area contributed by atoms with E-state index in [1.807, 2.05) is 11.9 Å². The quantitative estimate of drug-likeness (QED) is 0.404. The third-order valence-corrected chi connectivity index (χ3v) is 6.74. The Kier molecular flexibility index (Phi) is 8.23. The van der Waals surface area contributed by atoms with E-state index in [4.69, 9.17) is 4.74 Å². The van der Waals surface area contributed by atoms with Crippen molar-refractivity contribution in [2.24, 2.45) is 4.99 Å². The average molecular weight is 443 g/mol. The van der Waals surface area contributed by atoms with Gasteiger partial charge in [-0.1, -0.05) is 18.2 Å². The van der Waals surface area contributed by atoms with Crippen LogP contribution < -0.4 is 10.2 Å². The summed E-state index contributed by atoms with van der Waals surface area (Å²) in [6, 6.07) is 10.7. The van der Waals surface area contributed by atoms with Gasteiger partial charge in [-0.15, -0.1) is 0 Å². The van der Waals surface area contributed by atoms with Crippen LogP contribution in [0, 0.1) is 0 Å². The lowest BCUT2D eigenvalue weighted by Gasteiger charge is -2.37. The van der Waals surface area contributed by atoms with Crippen molar-refractivity contribution < 1.29 is 9.53 Å². The first-order valence-electron chi connectivity index (χ1n) is 12.1. The summed E-state index contributed by atoms with van der Waals surface area (Å²) in [4.78, 5) is 26.2. The number of piperazine rings is 2. The van der Waals surface area contributed by atoms with E-state index in [0.29, 0.717) is 0 Å². The Morgan fingerprint density at radius 2 is 1.75 bits per heavy atom.